The second-order valence-corrected chi connectivity index (χ2v) is 7.44. The summed E-state index contributed by atoms with van der Waals surface area (Å²) in [6.45, 7) is 5.80. The van der Waals surface area contributed by atoms with Gasteiger partial charge in [-0.15, -0.1) is 0 Å². The minimum Gasteiger partial charge on any atom is -0.478 e. The Hall–Kier alpha value is -1.40. The highest BCUT2D eigenvalue weighted by molar-refractivity contribution is 7.89. The number of hydrogen-bond acceptors (Lipinski definition) is 3. The van der Waals surface area contributed by atoms with Crippen molar-refractivity contribution < 1.29 is 18.3 Å². The summed E-state index contributed by atoms with van der Waals surface area (Å²) in [6.07, 6.45) is 2.51. The summed E-state index contributed by atoms with van der Waals surface area (Å²) in [4.78, 5) is 11.4. The Balaban J connectivity index is 2.53. The van der Waals surface area contributed by atoms with E-state index in [1.165, 1.54) is 10.4 Å². The van der Waals surface area contributed by atoms with Crippen molar-refractivity contribution in [1.82, 2.24) is 4.31 Å². The molecule has 0 atom stereocenters. The largest absolute Gasteiger partial charge is 0.478 e. The van der Waals surface area contributed by atoms with Crippen molar-refractivity contribution in [1.29, 1.82) is 0 Å². The lowest BCUT2D eigenvalue weighted by Gasteiger charge is -2.23. The number of rotatable bonds is 6. The van der Waals surface area contributed by atoms with Crippen molar-refractivity contribution in [3.05, 3.63) is 28.8 Å². The van der Waals surface area contributed by atoms with E-state index in [9.17, 15) is 18.3 Å². The molecule has 0 spiro atoms. The van der Waals surface area contributed by atoms with Gasteiger partial charge in [-0.2, -0.15) is 4.31 Å². The molecule has 1 aromatic rings. The van der Waals surface area contributed by atoms with E-state index in [-0.39, 0.29) is 16.5 Å². The highest BCUT2D eigenvalue weighted by atomic mass is 32.2. The molecule has 116 valence electrons. The van der Waals surface area contributed by atoms with Crippen molar-refractivity contribution in [2.45, 2.75) is 51.0 Å². The quantitative estimate of drug-likeness (QED) is 0.876. The summed E-state index contributed by atoms with van der Waals surface area (Å²) in [7, 11) is -3.63. The van der Waals surface area contributed by atoms with E-state index in [0.29, 0.717) is 17.7 Å². The molecule has 2 rings (SSSR count). The Morgan fingerprint density at radius 1 is 1.29 bits per heavy atom. The SMILES string of the molecule is CCCN(C1CC1)S(=O)(=O)c1cc(C(=O)O)c(C)cc1C. The van der Waals surface area contributed by atoms with Gasteiger partial charge in [0, 0.05) is 12.6 Å². The van der Waals surface area contributed by atoms with Crippen LogP contribution >= 0.6 is 0 Å². The number of hydrogen-bond donors (Lipinski definition) is 1. The van der Waals surface area contributed by atoms with Gasteiger partial charge < -0.3 is 5.11 Å². The molecular formula is C15H21NO4S. The van der Waals surface area contributed by atoms with E-state index in [1.807, 2.05) is 6.92 Å². The maximum atomic E-state index is 12.8. The average Bonchev–Trinajstić information content (AvgIpc) is 3.18. The normalized spacial score (nSPS) is 15.4. The Morgan fingerprint density at radius 2 is 1.90 bits per heavy atom. The Labute approximate surface area is 125 Å². The predicted octanol–water partition coefficient (Wildman–Crippen LogP) is 2.56. The molecule has 0 saturated heterocycles. The summed E-state index contributed by atoms with van der Waals surface area (Å²) >= 11 is 0. The fraction of sp³-hybridized carbons (Fsp3) is 0.533. The number of aryl methyl sites for hydroxylation is 2. The van der Waals surface area contributed by atoms with Crippen LogP contribution in [0.3, 0.4) is 0 Å². The van der Waals surface area contributed by atoms with Crippen LogP contribution in [-0.2, 0) is 10.0 Å². The molecule has 0 bridgehead atoms. The lowest BCUT2D eigenvalue weighted by atomic mass is 10.1. The summed E-state index contributed by atoms with van der Waals surface area (Å²) in [5, 5.41) is 9.20. The lowest BCUT2D eigenvalue weighted by molar-refractivity contribution is 0.0696. The summed E-state index contributed by atoms with van der Waals surface area (Å²) in [6, 6.07) is 3.00. The molecule has 1 N–H and O–H groups in total. The van der Waals surface area contributed by atoms with Gasteiger partial charge in [0.1, 0.15) is 0 Å². The molecule has 0 unspecified atom stereocenters. The molecule has 0 aliphatic heterocycles. The summed E-state index contributed by atoms with van der Waals surface area (Å²) in [5.41, 5.74) is 1.22. The van der Waals surface area contributed by atoms with E-state index in [0.717, 1.165) is 19.3 Å². The third-order valence-corrected chi connectivity index (χ3v) is 5.83. The standard InChI is InChI=1S/C15H21NO4S/c1-4-7-16(12-5-6-12)21(19,20)14-9-13(15(17)18)10(2)8-11(14)3/h8-9,12H,4-7H2,1-3H3,(H,17,18). The molecule has 0 heterocycles. The maximum absolute atomic E-state index is 12.8. The van der Waals surface area contributed by atoms with Crippen molar-refractivity contribution in [2.75, 3.05) is 6.54 Å². The van der Waals surface area contributed by atoms with Crippen LogP contribution in [0.5, 0.6) is 0 Å². The first-order valence-electron chi connectivity index (χ1n) is 7.15. The Bertz CT molecular complexity index is 662. The Kier molecular flexibility index (Phi) is 4.39. The first kappa shape index (κ1) is 16.0. The van der Waals surface area contributed by atoms with Crippen LogP contribution < -0.4 is 0 Å². The number of nitrogens with zero attached hydrogens (tertiary/aromatic N) is 1. The van der Waals surface area contributed by atoms with Crippen LogP contribution in [-0.4, -0.2) is 36.4 Å². The third kappa shape index (κ3) is 3.11. The lowest BCUT2D eigenvalue weighted by Crippen LogP contribution is -2.34. The molecule has 0 aromatic heterocycles. The van der Waals surface area contributed by atoms with Gasteiger partial charge in [0.25, 0.3) is 0 Å². The molecule has 1 aliphatic carbocycles. The number of benzene rings is 1. The van der Waals surface area contributed by atoms with Crippen molar-refractivity contribution in [2.24, 2.45) is 0 Å². The number of carboxylic acid groups (broad SMARTS) is 1. The minimum absolute atomic E-state index is 0.0476. The maximum Gasteiger partial charge on any atom is 0.335 e. The van der Waals surface area contributed by atoms with Crippen LogP contribution in [0.4, 0.5) is 0 Å². The minimum atomic E-state index is -3.63. The Morgan fingerprint density at radius 3 is 2.38 bits per heavy atom. The van der Waals surface area contributed by atoms with Crippen LogP contribution in [0.25, 0.3) is 0 Å². The zero-order valence-electron chi connectivity index (χ0n) is 12.6. The smallest absolute Gasteiger partial charge is 0.335 e. The van der Waals surface area contributed by atoms with Crippen LogP contribution in [0.15, 0.2) is 17.0 Å². The topological polar surface area (TPSA) is 74.7 Å². The van der Waals surface area contributed by atoms with Gasteiger partial charge in [-0.25, -0.2) is 13.2 Å². The van der Waals surface area contributed by atoms with Crippen LogP contribution in [0, 0.1) is 13.8 Å². The van der Waals surface area contributed by atoms with Gasteiger partial charge >= 0.3 is 5.97 Å². The highest BCUT2D eigenvalue weighted by Crippen LogP contribution is 2.33. The first-order valence-corrected chi connectivity index (χ1v) is 8.59. The monoisotopic (exact) mass is 311 g/mol. The van der Waals surface area contributed by atoms with E-state index < -0.39 is 16.0 Å². The molecule has 1 fully saturated rings. The molecule has 6 heteroatoms. The molecule has 1 aromatic carbocycles. The molecule has 0 radical (unpaired) electrons. The highest BCUT2D eigenvalue weighted by Gasteiger charge is 2.38. The average molecular weight is 311 g/mol. The number of carboxylic acids is 1. The first-order chi connectivity index (χ1) is 9.78. The van der Waals surface area contributed by atoms with Crippen molar-refractivity contribution >= 4 is 16.0 Å². The van der Waals surface area contributed by atoms with Crippen molar-refractivity contribution in [3.63, 3.8) is 0 Å². The second kappa shape index (κ2) is 5.77. The van der Waals surface area contributed by atoms with E-state index in [2.05, 4.69) is 0 Å². The number of carbonyl (C=O) groups is 1. The van der Waals surface area contributed by atoms with E-state index >= 15 is 0 Å². The fourth-order valence-electron chi connectivity index (χ4n) is 2.55. The summed E-state index contributed by atoms with van der Waals surface area (Å²) in [5.74, 6) is -1.10. The van der Waals surface area contributed by atoms with Crippen molar-refractivity contribution in [3.8, 4) is 0 Å². The van der Waals surface area contributed by atoms with Crippen LogP contribution in [0.2, 0.25) is 0 Å². The third-order valence-electron chi connectivity index (χ3n) is 3.74. The summed E-state index contributed by atoms with van der Waals surface area (Å²) < 4.78 is 27.2. The zero-order valence-corrected chi connectivity index (χ0v) is 13.4. The predicted molar refractivity (Wildman–Crippen MR) is 80.1 cm³/mol. The molecule has 0 amide bonds. The molecular weight excluding hydrogens is 290 g/mol. The zero-order chi connectivity index (χ0) is 15.8. The van der Waals surface area contributed by atoms with Gasteiger partial charge in [0.2, 0.25) is 10.0 Å². The van der Waals surface area contributed by atoms with Gasteiger partial charge in [0.05, 0.1) is 10.5 Å². The fourth-order valence-corrected chi connectivity index (χ4v) is 4.56. The van der Waals surface area contributed by atoms with E-state index in [1.54, 1.807) is 19.9 Å². The molecule has 5 nitrogen and oxygen atoms in total. The second-order valence-electron chi connectivity index (χ2n) is 5.58. The van der Waals surface area contributed by atoms with Gasteiger partial charge in [-0.1, -0.05) is 13.0 Å². The number of sulfonamides is 1. The molecule has 21 heavy (non-hydrogen) atoms. The van der Waals surface area contributed by atoms with Crippen LogP contribution in [0.1, 0.15) is 47.7 Å². The van der Waals surface area contributed by atoms with Gasteiger partial charge in [-0.3, -0.25) is 0 Å². The van der Waals surface area contributed by atoms with Gasteiger partial charge in [0.15, 0.2) is 0 Å². The molecule has 1 saturated carbocycles. The van der Waals surface area contributed by atoms with Gasteiger partial charge in [-0.05, 0) is 50.3 Å². The number of aromatic carboxylic acids is 1. The molecule has 1 aliphatic rings. The van der Waals surface area contributed by atoms with E-state index in [4.69, 9.17) is 0 Å².